The Morgan fingerprint density at radius 1 is 1.50 bits per heavy atom. The lowest BCUT2D eigenvalue weighted by molar-refractivity contribution is 0.369. The highest BCUT2D eigenvalue weighted by atomic mass is 15.2. The van der Waals surface area contributed by atoms with Crippen LogP contribution in [-0.4, -0.2) is 20.7 Å². The van der Waals surface area contributed by atoms with Gasteiger partial charge in [0.25, 0.3) is 0 Å². The van der Waals surface area contributed by atoms with Crippen molar-refractivity contribution in [3.63, 3.8) is 0 Å². The van der Waals surface area contributed by atoms with Crippen LogP contribution in [0.25, 0.3) is 0 Å². The van der Waals surface area contributed by atoms with Crippen LogP contribution in [0, 0.1) is 0 Å². The Morgan fingerprint density at radius 3 is 2.58 bits per heavy atom. The topological polar surface area (TPSA) is 53.6 Å². The first kappa shape index (κ1) is 9.19. The molecule has 1 atom stereocenters. The number of H-pyrrole nitrogens is 1. The lowest BCUT2D eigenvalue weighted by Crippen LogP contribution is -2.38. The fourth-order valence-electron chi connectivity index (χ4n) is 1.14. The highest BCUT2D eigenvalue weighted by Gasteiger charge is 2.16. The van der Waals surface area contributed by atoms with E-state index in [1.807, 2.05) is 0 Å². The average Bonchev–Trinajstić information content (AvgIpc) is 2.32. The molecule has 12 heavy (non-hydrogen) atoms. The van der Waals surface area contributed by atoms with E-state index in [2.05, 4.69) is 48.2 Å². The summed E-state index contributed by atoms with van der Waals surface area (Å²) < 4.78 is 0. The normalized spacial score (nSPS) is 14.7. The summed E-state index contributed by atoms with van der Waals surface area (Å²) in [6, 6.07) is 0.215. The molecule has 1 aromatic heterocycles. The summed E-state index contributed by atoms with van der Waals surface area (Å²) in [6.07, 6.45) is 1.52. The third-order valence-electron chi connectivity index (χ3n) is 1.49. The van der Waals surface area contributed by atoms with Crippen LogP contribution in [0.1, 0.15) is 39.6 Å². The lowest BCUT2D eigenvalue weighted by Gasteiger charge is -2.24. The van der Waals surface area contributed by atoms with Gasteiger partial charge in [-0.25, -0.2) is 4.98 Å². The summed E-state index contributed by atoms with van der Waals surface area (Å²) in [7, 11) is 0. The van der Waals surface area contributed by atoms with E-state index in [1.54, 1.807) is 0 Å². The zero-order valence-electron chi connectivity index (χ0n) is 8.05. The summed E-state index contributed by atoms with van der Waals surface area (Å²) in [5, 5.41) is 10.0. The monoisotopic (exact) mass is 168 g/mol. The van der Waals surface area contributed by atoms with Crippen molar-refractivity contribution in [2.45, 2.75) is 39.3 Å². The fraction of sp³-hybridized carbons (Fsp3) is 0.750. The molecule has 1 heterocycles. The molecule has 0 aliphatic carbocycles. The number of hydrogen-bond donors (Lipinski definition) is 2. The van der Waals surface area contributed by atoms with Gasteiger partial charge in [0.05, 0.1) is 6.04 Å². The Balaban J connectivity index is 2.56. The number of aromatic amines is 1. The van der Waals surface area contributed by atoms with Gasteiger partial charge in [-0.2, -0.15) is 5.10 Å². The maximum absolute atomic E-state index is 4.07. The van der Waals surface area contributed by atoms with Crippen molar-refractivity contribution in [3.8, 4) is 0 Å². The summed E-state index contributed by atoms with van der Waals surface area (Å²) >= 11 is 0. The summed E-state index contributed by atoms with van der Waals surface area (Å²) in [4.78, 5) is 4.07. The van der Waals surface area contributed by atoms with Crippen LogP contribution >= 0.6 is 0 Å². The van der Waals surface area contributed by atoms with E-state index in [0.717, 1.165) is 5.82 Å². The first-order valence-corrected chi connectivity index (χ1v) is 4.12. The third kappa shape index (κ3) is 2.62. The molecule has 1 rings (SSSR count). The number of hydrogen-bond acceptors (Lipinski definition) is 3. The van der Waals surface area contributed by atoms with Crippen molar-refractivity contribution in [2.75, 3.05) is 0 Å². The Labute approximate surface area is 72.8 Å². The van der Waals surface area contributed by atoms with Crippen LogP contribution in [0.15, 0.2) is 6.33 Å². The van der Waals surface area contributed by atoms with Crippen molar-refractivity contribution in [3.05, 3.63) is 12.2 Å². The number of aromatic nitrogens is 3. The second-order valence-corrected chi connectivity index (χ2v) is 3.99. The standard InChI is InChI=1S/C8H16N4/c1-6(11-8(2,3)4)7-9-5-10-12-7/h5-6,11H,1-4H3,(H,9,10,12)/t6-/m0/s1. The molecule has 2 N–H and O–H groups in total. The minimum absolute atomic E-state index is 0.103. The molecule has 0 unspecified atom stereocenters. The Bertz CT molecular complexity index is 222. The number of nitrogens with zero attached hydrogens (tertiary/aromatic N) is 2. The SMILES string of the molecule is C[C@H](NC(C)(C)C)c1ncn[nH]1. The van der Waals surface area contributed by atoms with Crippen molar-refractivity contribution in [1.29, 1.82) is 0 Å². The van der Waals surface area contributed by atoms with E-state index >= 15 is 0 Å². The van der Waals surface area contributed by atoms with Gasteiger partial charge in [0, 0.05) is 5.54 Å². The van der Waals surface area contributed by atoms with Gasteiger partial charge in [0.2, 0.25) is 0 Å². The smallest absolute Gasteiger partial charge is 0.141 e. The average molecular weight is 168 g/mol. The molecule has 0 saturated heterocycles. The van der Waals surface area contributed by atoms with Crippen molar-refractivity contribution in [1.82, 2.24) is 20.5 Å². The quantitative estimate of drug-likeness (QED) is 0.699. The summed E-state index contributed by atoms with van der Waals surface area (Å²) in [5.41, 5.74) is 0.103. The van der Waals surface area contributed by atoms with E-state index in [0.29, 0.717) is 0 Å². The predicted octanol–water partition coefficient (Wildman–Crippen LogP) is 1.25. The maximum Gasteiger partial charge on any atom is 0.141 e. The summed E-state index contributed by atoms with van der Waals surface area (Å²) in [5.74, 6) is 0.880. The Hall–Kier alpha value is -0.900. The predicted molar refractivity (Wildman–Crippen MR) is 47.7 cm³/mol. The Kier molecular flexibility index (Phi) is 2.47. The second kappa shape index (κ2) is 3.23. The van der Waals surface area contributed by atoms with E-state index in [9.17, 15) is 0 Å². The molecule has 0 bridgehead atoms. The van der Waals surface area contributed by atoms with E-state index in [1.165, 1.54) is 6.33 Å². The van der Waals surface area contributed by atoms with Crippen LogP contribution in [0.3, 0.4) is 0 Å². The van der Waals surface area contributed by atoms with Gasteiger partial charge in [-0.3, -0.25) is 5.10 Å². The van der Waals surface area contributed by atoms with Gasteiger partial charge >= 0.3 is 0 Å². The zero-order chi connectivity index (χ0) is 9.19. The number of nitrogens with one attached hydrogen (secondary N) is 2. The molecule has 4 nitrogen and oxygen atoms in total. The van der Waals surface area contributed by atoms with Crippen LogP contribution in [0.5, 0.6) is 0 Å². The van der Waals surface area contributed by atoms with Gasteiger partial charge in [-0.1, -0.05) is 0 Å². The van der Waals surface area contributed by atoms with E-state index in [4.69, 9.17) is 0 Å². The van der Waals surface area contributed by atoms with Gasteiger partial charge in [-0.05, 0) is 27.7 Å². The lowest BCUT2D eigenvalue weighted by atomic mass is 10.1. The minimum atomic E-state index is 0.103. The molecule has 0 aliphatic heterocycles. The van der Waals surface area contributed by atoms with Crippen LogP contribution in [-0.2, 0) is 0 Å². The minimum Gasteiger partial charge on any atom is -0.303 e. The van der Waals surface area contributed by atoms with Gasteiger partial charge in [0.1, 0.15) is 12.2 Å². The molecule has 0 radical (unpaired) electrons. The van der Waals surface area contributed by atoms with E-state index < -0.39 is 0 Å². The largest absolute Gasteiger partial charge is 0.303 e. The van der Waals surface area contributed by atoms with Crippen LogP contribution < -0.4 is 5.32 Å². The van der Waals surface area contributed by atoms with Crippen LogP contribution in [0.4, 0.5) is 0 Å². The Morgan fingerprint density at radius 2 is 2.17 bits per heavy atom. The highest BCUT2D eigenvalue weighted by molar-refractivity contribution is 4.91. The molecule has 0 fully saturated rings. The van der Waals surface area contributed by atoms with Crippen molar-refractivity contribution >= 4 is 0 Å². The summed E-state index contributed by atoms with van der Waals surface area (Å²) in [6.45, 7) is 8.44. The fourth-order valence-corrected chi connectivity index (χ4v) is 1.14. The molecule has 0 aromatic carbocycles. The highest BCUT2D eigenvalue weighted by Crippen LogP contribution is 2.10. The van der Waals surface area contributed by atoms with Gasteiger partial charge in [0.15, 0.2) is 0 Å². The molecule has 4 heteroatoms. The van der Waals surface area contributed by atoms with Crippen molar-refractivity contribution in [2.24, 2.45) is 0 Å². The van der Waals surface area contributed by atoms with Gasteiger partial charge in [-0.15, -0.1) is 0 Å². The molecule has 0 amide bonds. The first-order chi connectivity index (χ1) is 5.49. The molecular formula is C8H16N4. The van der Waals surface area contributed by atoms with Gasteiger partial charge < -0.3 is 5.32 Å². The van der Waals surface area contributed by atoms with Crippen LogP contribution in [0.2, 0.25) is 0 Å². The molecular weight excluding hydrogens is 152 g/mol. The molecule has 68 valence electrons. The molecule has 0 aliphatic rings. The maximum atomic E-state index is 4.07. The zero-order valence-corrected chi connectivity index (χ0v) is 8.05. The first-order valence-electron chi connectivity index (χ1n) is 4.12. The molecule has 0 spiro atoms. The third-order valence-corrected chi connectivity index (χ3v) is 1.49. The van der Waals surface area contributed by atoms with E-state index in [-0.39, 0.29) is 11.6 Å². The number of rotatable bonds is 2. The second-order valence-electron chi connectivity index (χ2n) is 3.99. The molecule has 0 saturated carbocycles. The van der Waals surface area contributed by atoms with Crippen molar-refractivity contribution < 1.29 is 0 Å². The molecule has 1 aromatic rings.